The highest BCUT2D eigenvalue weighted by molar-refractivity contribution is 5.96. The van der Waals surface area contributed by atoms with Gasteiger partial charge >= 0.3 is 0 Å². The molecule has 4 atom stereocenters. The second-order valence-corrected chi connectivity index (χ2v) is 7.89. The van der Waals surface area contributed by atoms with Crippen LogP contribution >= 0.6 is 0 Å². The van der Waals surface area contributed by atoms with E-state index in [2.05, 4.69) is 25.7 Å². The molecular formula is C19H29FN8O3. The van der Waals surface area contributed by atoms with Crippen molar-refractivity contribution in [1.29, 1.82) is 0 Å². The van der Waals surface area contributed by atoms with Gasteiger partial charge in [-0.3, -0.25) is 24.8 Å². The van der Waals surface area contributed by atoms with Crippen LogP contribution in [0, 0.1) is 10.8 Å². The van der Waals surface area contributed by atoms with Crippen LogP contribution in [0.1, 0.15) is 6.92 Å². The zero-order valence-corrected chi connectivity index (χ0v) is 17.7. The van der Waals surface area contributed by atoms with Crippen LogP contribution in [0.3, 0.4) is 0 Å². The molecule has 3 rings (SSSR count). The third kappa shape index (κ3) is 5.32. The van der Waals surface area contributed by atoms with E-state index < -0.39 is 30.3 Å². The molecule has 0 aromatic carbocycles. The second kappa shape index (κ2) is 10.1. The van der Waals surface area contributed by atoms with Gasteiger partial charge in [-0.2, -0.15) is 0 Å². The molecule has 1 aromatic rings. The number of carbonyl (C=O) groups is 2. The first-order valence-corrected chi connectivity index (χ1v) is 10.2. The van der Waals surface area contributed by atoms with Gasteiger partial charge in [0.25, 0.3) is 0 Å². The summed E-state index contributed by atoms with van der Waals surface area (Å²) in [5.41, 5.74) is 7.08. The van der Waals surface area contributed by atoms with Crippen LogP contribution in [0.15, 0.2) is 23.6 Å². The minimum absolute atomic E-state index is 0.0284. The summed E-state index contributed by atoms with van der Waals surface area (Å²) in [5.74, 6) is -1.51. The van der Waals surface area contributed by atoms with Gasteiger partial charge in [-0.05, 0) is 13.1 Å². The molecule has 2 amide bonds. The molecule has 2 aliphatic heterocycles. The van der Waals surface area contributed by atoms with Crippen LogP contribution < -0.4 is 21.3 Å². The number of amides is 2. The molecule has 2 aliphatic rings. The van der Waals surface area contributed by atoms with E-state index in [9.17, 15) is 18.9 Å². The lowest BCUT2D eigenvalue weighted by Crippen LogP contribution is -2.62. The van der Waals surface area contributed by atoms with Gasteiger partial charge in [-0.25, -0.2) is 4.39 Å². The van der Waals surface area contributed by atoms with E-state index in [1.807, 2.05) is 0 Å². The summed E-state index contributed by atoms with van der Waals surface area (Å²) in [7, 11) is 1.66. The van der Waals surface area contributed by atoms with Gasteiger partial charge < -0.3 is 20.9 Å². The Balaban J connectivity index is 1.77. The van der Waals surface area contributed by atoms with Gasteiger partial charge in [0.2, 0.25) is 11.8 Å². The van der Waals surface area contributed by atoms with E-state index in [-0.39, 0.29) is 19.0 Å². The van der Waals surface area contributed by atoms with Crippen LogP contribution in [-0.2, 0) is 9.59 Å². The molecule has 4 N–H and O–H groups in total. The molecule has 0 spiro atoms. The van der Waals surface area contributed by atoms with Gasteiger partial charge in [0.15, 0.2) is 6.17 Å². The molecule has 170 valence electrons. The molecule has 0 radical (unpaired) electrons. The molecule has 31 heavy (non-hydrogen) atoms. The summed E-state index contributed by atoms with van der Waals surface area (Å²) in [5, 5.41) is 8.63. The summed E-state index contributed by atoms with van der Waals surface area (Å²) < 4.78 is 13.7. The number of piperazine rings is 1. The minimum atomic E-state index is -1.31. The Morgan fingerprint density at radius 2 is 2.06 bits per heavy atom. The third-order valence-electron chi connectivity index (χ3n) is 5.76. The zero-order valence-electron chi connectivity index (χ0n) is 17.7. The maximum atomic E-state index is 13.7. The van der Waals surface area contributed by atoms with E-state index in [4.69, 9.17) is 5.73 Å². The van der Waals surface area contributed by atoms with E-state index >= 15 is 0 Å². The molecule has 4 unspecified atom stereocenters. The first-order chi connectivity index (χ1) is 14.8. The number of nitrogens with one attached hydrogen (secondary N) is 2. The van der Waals surface area contributed by atoms with E-state index in [0.29, 0.717) is 31.9 Å². The predicted molar refractivity (Wildman–Crippen MR) is 114 cm³/mol. The molecule has 11 nitrogen and oxygen atoms in total. The molecule has 0 aliphatic carbocycles. The summed E-state index contributed by atoms with van der Waals surface area (Å²) in [6.07, 6.45) is 0.117. The molecule has 1 aromatic heterocycles. The van der Waals surface area contributed by atoms with Crippen molar-refractivity contribution in [2.75, 3.05) is 56.5 Å². The fourth-order valence-corrected chi connectivity index (χ4v) is 4.08. The average Bonchev–Trinajstić information content (AvgIpc) is 2.75. The monoisotopic (exact) mass is 436 g/mol. The number of pyridine rings is 1. The first-order valence-electron chi connectivity index (χ1n) is 10.2. The van der Waals surface area contributed by atoms with Crippen molar-refractivity contribution in [2.45, 2.75) is 25.4 Å². The largest absolute Gasteiger partial charge is 0.366 e. The lowest BCUT2D eigenvalue weighted by Gasteiger charge is -2.40. The van der Waals surface area contributed by atoms with Crippen molar-refractivity contribution in [3.8, 4) is 0 Å². The molecule has 0 saturated carbocycles. The highest BCUT2D eigenvalue weighted by Gasteiger charge is 2.40. The first kappa shape index (κ1) is 23.0. The number of aromatic nitrogens is 1. The van der Waals surface area contributed by atoms with Crippen molar-refractivity contribution in [3.63, 3.8) is 0 Å². The van der Waals surface area contributed by atoms with Crippen LogP contribution in [-0.4, -0.2) is 91.4 Å². The van der Waals surface area contributed by atoms with Crippen LogP contribution in [0.4, 0.5) is 15.8 Å². The minimum Gasteiger partial charge on any atom is -0.366 e. The molecule has 3 heterocycles. The van der Waals surface area contributed by atoms with Crippen LogP contribution in [0.25, 0.3) is 0 Å². The Labute approximate surface area is 180 Å². The summed E-state index contributed by atoms with van der Waals surface area (Å²) in [4.78, 5) is 45.5. The van der Waals surface area contributed by atoms with Crippen LogP contribution in [0.5, 0.6) is 0 Å². The topological polar surface area (TPSA) is 136 Å². The number of halogens is 1. The van der Waals surface area contributed by atoms with Crippen molar-refractivity contribution < 1.29 is 14.0 Å². The van der Waals surface area contributed by atoms with Crippen molar-refractivity contribution in [2.24, 2.45) is 16.8 Å². The number of nitrogens with zero attached hydrogens (tertiary/aromatic N) is 5. The van der Waals surface area contributed by atoms with E-state index in [1.165, 1.54) is 6.20 Å². The average molecular weight is 436 g/mol. The van der Waals surface area contributed by atoms with Crippen LogP contribution in [0.2, 0.25) is 0 Å². The number of hydrogen-bond donors (Lipinski definition) is 3. The van der Waals surface area contributed by atoms with Gasteiger partial charge in [0.1, 0.15) is 12.1 Å². The summed E-state index contributed by atoms with van der Waals surface area (Å²) in [6, 6.07) is 1.78. The SMILES string of the molecule is CC(=O)N1CCN(c2ccncc2NC(=O)C(C(N)N=O)C2NCC(F)CN2C)CC1. The number of rotatable bonds is 6. The number of carbonyl (C=O) groups excluding carboxylic acids is 2. The Hall–Kier alpha value is -2.70. The fourth-order valence-electron chi connectivity index (χ4n) is 4.08. The maximum Gasteiger partial charge on any atom is 0.234 e. The lowest BCUT2D eigenvalue weighted by atomic mass is 9.98. The van der Waals surface area contributed by atoms with Crippen molar-refractivity contribution in [3.05, 3.63) is 23.4 Å². The fraction of sp³-hybridized carbons (Fsp3) is 0.632. The zero-order chi connectivity index (χ0) is 22.5. The molecule has 2 saturated heterocycles. The maximum absolute atomic E-state index is 13.7. The van der Waals surface area contributed by atoms with Gasteiger partial charge in [0, 0.05) is 52.4 Å². The van der Waals surface area contributed by atoms with Gasteiger partial charge in [-0.15, -0.1) is 4.91 Å². The van der Waals surface area contributed by atoms with E-state index in [0.717, 1.165) is 5.69 Å². The molecule has 0 bridgehead atoms. The molecule has 2 fully saturated rings. The number of nitroso groups, excluding NO2 is 1. The second-order valence-electron chi connectivity index (χ2n) is 7.89. The highest BCUT2D eigenvalue weighted by Crippen LogP contribution is 2.27. The Morgan fingerprint density at radius 3 is 2.68 bits per heavy atom. The number of anilines is 2. The Kier molecular flexibility index (Phi) is 7.46. The number of alkyl halides is 1. The smallest absolute Gasteiger partial charge is 0.234 e. The standard InChI is InChI=1S/C19H29FN8O3/c1-12(29)27-5-7-28(8-6-27)15-3-4-22-10-14(15)24-19(30)16(17(21)25-31)18-23-9-13(20)11-26(18)2/h3-4,10,13,16-18,23H,5-9,11,21H2,1-2H3,(H,24,30). The lowest BCUT2D eigenvalue weighted by molar-refractivity contribution is -0.129. The molecule has 12 heteroatoms. The third-order valence-corrected chi connectivity index (χ3v) is 5.76. The van der Waals surface area contributed by atoms with Gasteiger partial charge in [0.05, 0.1) is 23.7 Å². The number of hydrogen-bond acceptors (Lipinski definition) is 9. The quantitative estimate of drug-likeness (QED) is 0.511. The van der Waals surface area contributed by atoms with Crippen molar-refractivity contribution >= 4 is 23.2 Å². The predicted octanol–water partition coefficient (Wildman–Crippen LogP) is -0.445. The van der Waals surface area contributed by atoms with Gasteiger partial charge in [-0.1, -0.05) is 5.18 Å². The van der Waals surface area contributed by atoms with Crippen molar-refractivity contribution in [1.82, 2.24) is 20.1 Å². The molecular weight excluding hydrogens is 407 g/mol. The normalized spacial score (nSPS) is 24.4. The summed E-state index contributed by atoms with van der Waals surface area (Å²) in [6.45, 7) is 4.09. The Morgan fingerprint density at radius 1 is 1.35 bits per heavy atom. The summed E-state index contributed by atoms with van der Waals surface area (Å²) >= 11 is 0. The number of nitrogens with two attached hydrogens (primary N) is 1. The van der Waals surface area contributed by atoms with E-state index in [1.54, 1.807) is 36.0 Å². The Bertz CT molecular complexity index is 804. The highest BCUT2D eigenvalue weighted by atomic mass is 19.1.